The van der Waals surface area contributed by atoms with Crippen LogP contribution in [0.2, 0.25) is 5.02 Å². The van der Waals surface area contributed by atoms with Crippen LogP contribution < -0.4 is 0 Å². The number of H-pyrrole nitrogens is 1. The summed E-state index contributed by atoms with van der Waals surface area (Å²) in [6, 6.07) is 5.83. The van der Waals surface area contributed by atoms with E-state index in [0.29, 0.717) is 11.3 Å². The van der Waals surface area contributed by atoms with E-state index in [9.17, 15) is 0 Å². The van der Waals surface area contributed by atoms with Gasteiger partial charge in [0, 0.05) is 17.1 Å². The Morgan fingerprint density at radius 2 is 2.35 bits per heavy atom. The second kappa shape index (κ2) is 4.85. The molecule has 3 nitrogen and oxygen atoms in total. The molecular weight excluding hydrogens is 254 g/mol. The molecule has 17 heavy (non-hydrogen) atoms. The van der Waals surface area contributed by atoms with Gasteiger partial charge in [-0.1, -0.05) is 29.8 Å². The van der Waals surface area contributed by atoms with Crippen LogP contribution in [0.1, 0.15) is 5.56 Å². The normalized spacial score (nSPS) is 10.5. The van der Waals surface area contributed by atoms with Gasteiger partial charge in [0.2, 0.25) is 0 Å². The lowest BCUT2D eigenvalue weighted by molar-refractivity contribution is 0.814. The number of rotatable bonds is 3. The molecule has 0 atom stereocenters. The maximum absolute atomic E-state index is 6.11. The smallest absolute Gasteiger partial charge is 0.195 e. The van der Waals surface area contributed by atoms with Crippen molar-refractivity contribution in [1.82, 2.24) is 14.8 Å². The molecule has 5 heteroatoms. The summed E-state index contributed by atoms with van der Waals surface area (Å²) in [5, 5.41) is 7.72. The molecule has 0 unspecified atom stereocenters. The average Bonchev–Trinajstić information content (AvgIpc) is 2.66. The van der Waals surface area contributed by atoms with Gasteiger partial charge in [-0.25, -0.2) is 0 Å². The molecule has 0 aliphatic heterocycles. The lowest BCUT2D eigenvalue weighted by Crippen LogP contribution is -1.98. The van der Waals surface area contributed by atoms with E-state index < -0.39 is 0 Å². The van der Waals surface area contributed by atoms with Crippen molar-refractivity contribution in [3.05, 3.63) is 46.2 Å². The van der Waals surface area contributed by atoms with Crippen LogP contribution in [0.15, 0.2) is 30.9 Å². The maximum atomic E-state index is 6.11. The lowest BCUT2D eigenvalue weighted by Gasteiger charge is -2.05. The van der Waals surface area contributed by atoms with Gasteiger partial charge in [0.15, 0.2) is 10.6 Å². The molecule has 0 spiro atoms. The van der Waals surface area contributed by atoms with Gasteiger partial charge < -0.3 is 0 Å². The first-order valence-corrected chi connectivity index (χ1v) is 5.94. The van der Waals surface area contributed by atoms with Crippen molar-refractivity contribution in [2.75, 3.05) is 0 Å². The number of aromatic amines is 1. The summed E-state index contributed by atoms with van der Waals surface area (Å²) in [6.45, 7) is 6.29. The minimum absolute atomic E-state index is 0.580. The number of nitrogens with one attached hydrogen (secondary N) is 1. The van der Waals surface area contributed by atoms with E-state index >= 15 is 0 Å². The van der Waals surface area contributed by atoms with Crippen LogP contribution in [0, 0.1) is 11.7 Å². The van der Waals surface area contributed by atoms with Gasteiger partial charge in [-0.3, -0.25) is 9.67 Å². The standard InChI is InChI=1S/C12H12ClN3S/c1-3-6-16-11(14-15-12(16)17)9-5-4-8(2)10(13)7-9/h3-5,7H,1,6H2,2H3,(H,15,17). The molecule has 1 aromatic heterocycles. The number of aromatic nitrogens is 3. The molecule has 88 valence electrons. The molecular formula is C12H12ClN3S. The fraction of sp³-hybridized carbons (Fsp3) is 0.167. The molecule has 0 saturated carbocycles. The molecule has 2 aromatic rings. The Morgan fingerprint density at radius 1 is 1.59 bits per heavy atom. The van der Waals surface area contributed by atoms with E-state index in [2.05, 4.69) is 16.8 Å². The number of nitrogens with zero attached hydrogens (tertiary/aromatic N) is 2. The lowest BCUT2D eigenvalue weighted by atomic mass is 10.1. The van der Waals surface area contributed by atoms with Crippen molar-refractivity contribution in [1.29, 1.82) is 0 Å². The molecule has 0 bridgehead atoms. The largest absolute Gasteiger partial charge is 0.296 e. The molecule has 0 aliphatic carbocycles. The van der Waals surface area contributed by atoms with Crippen LogP contribution in [-0.2, 0) is 6.54 Å². The zero-order valence-electron chi connectivity index (χ0n) is 9.40. The molecule has 0 aliphatic rings. The van der Waals surface area contributed by atoms with Crippen LogP contribution in [0.4, 0.5) is 0 Å². The second-order valence-electron chi connectivity index (χ2n) is 3.72. The van der Waals surface area contributed by atoms with Gasteiger partial charge in [0.05, 0.1) is 0 Å². The molecule has 2 rings (SSSR count). The monoisotopic (exact) mass is 265 g/mol. The quantitative estimate of drug-likeness (QED) is 0.677. The zero-order valence-corrected chi connectivity index (χ0v) is 11.0. The third-order valence-electron chi connectivity index (χ3n) is 2.50. The molecule has 0 radical (unpaired) electrons. The molecule has 1 aromatic carbocycles. The van der Waals surface area contributed by atoms with Crippen molar-refractivity contribution in [2.24, 2.45) is 0 Å². The fourth-order valence-corrected chi connectivity index (χ4v) is 1.96. The summed E-state index contributed by atoms with van der Waals surface area (Å²) in [7, 11) is 0. The van der Waals surface area contributed by atoms with Crippen molar-refractivity contribution < 1.29 is 0 Å². The van der Waals surface area contributed by atoms with E-state index in [1.807, 2.05) is 29.7 Å². The van der Waals surface area contributed by atoms with Crippen LogP contribution >= 0.6 is 23.8 Å². The number of hydrogen-bond acceptors (Lipinski definition) is 2. The highest BCUT2D eigenvalue weighted by molar-refractivity contribution is 7.71. The summed E-state index contributed by atoms with van der Waals surface area (Å²) in [5.41, 5.74) is 1.98. The third-order valence-corrected chi connectivity index (χ3v) is 3.22. The first-order valence-electron chi connectivity index (χ1n) is 5.16. The maximum Gasteiger partial charge on any atom is 0.195 e. The van der Waals surface area contributed by atoms with Gasteiger partial charge in [0.1, 0.15) is 0 Å². The Morgan fingerprint density at radius 3 is 3.00 bits per heavy atom. The predicted octanol–water partition coefficient (Wildman–Crippen LogP) is 3.76. The van der Waals surface area contributed by atoms with Crippen LogP contribution in [0.25, 0.3) is 11.4 Å². The van der Waals surface area contributed by atoms with Crippen LogP contribution in [-0.4, -0.2) is 14.8 Å². The van der Waals surface area contributed by atoms with Crippen molar-refractivity contribution >= 4 is 23.8 Å². The van der Waals surface area contributed by atoms with E-state index in [1.54, 1.807) is 6.08 Å². The number of allylic oxidation sites excluding steroid dienone is 1. The van der Waals surface area contributed by atoms with Crippen molar-refractivity contribution in [3.8, 4) is 11.4 Å². The minimum Gasteiger partial charge on any atom is -0.296 e. The van der Waals surface area contributed by atoms with E-state index in [0.717, 1.165) is 22.0 Å². The SMILES string of the molecule is C=CCn1c(-c2ccc(C)c(Cl)c2)n[nH]c1=S. The Balaban J connectivity index is 2.56. The Labute approximate surface area is 110 Å². The summed E-state index contributed by atoms with van der Waals surface area (Å²) in [5.74, 6) is 0.775. The Bertz CT molecular complexity index is 612. The van der Waals surface area contributed by atoms with Gasteiger partial charge in [-0.2, -0.15) is 5.10 Å². The number of aryl methyl sites for hydroxylation is 1. The highest BCUT2D eigenvalue weighted by Gasteiger charge is 2.08. The van der Waals surface area contributed by atoms with Gasteiger partial charge in [0.25, 0.3) is 0 Å². The van der Waals surface area contributed by atoms with E-state index in [1.165, 1.54) is 0 Å². The van der Waals surface area contributed by atoms with Crippen LogP contribution in [0.3, 0.4) is 0 Å². The second-order valence-corrected chi connectivity index (χ2v) is 4.51. The Kier molecular flexibility index (Phi) is 3.45. The van der Waals surface area contributed by atoms with Crippen LogP contribution in [0.5, 0.6) is 0 Å². The first-order chi connectivity index (χ1) is 8.13. The van der Waals surface area contributed by atoms with Gasteiger partial charge in [-0.15, -0.1) is 6.58 Å². The highest BCUT2D eigenvalue weighted by atomic mass is 35.5. The fourth-order valence-electron chi connectivity index (χ4n) is 1.57. The molecule has 1 N–H and O–H groups in total. The summed E-state index contributed by atoms with van der Waals surface area (Å²) < 4.78 is 2.46. The zero-order chi connectivity index (χ0) is 12.4. The van der Waals surface area contributed by atoms with Gasteiger partial charge >= 0.3 is 0 Å². The van der Waals surface area contributed by atoms with Crippen molar-refractivity contribution in [2.45, 2.75) is 13.5 Å². The van der Waals surface area contributed by atoms with E-state index in [-0.39, 0.29) is 0 Å². The Hall–Kier alpha value is -1.39. The first kappa shape index (κ1) is 12.1. The number of halogens is 1. The van der Waals surface area contributed by atoms with Gasteiger partial charge in [-0.05, 0) is 30.8 Å². The minimum atomic E-state index is 0.580. The topological polar surface area (TPSA) is 33.6 Å². The third kappa shape index (κ3) is 2.33. The average molecular weight is 266 g/mol. The number of benzene rings is 1. The molecule has 1 heterocycles. The van der Waals surface area contributed by atoms with E-state index in [4.69, 9.17) is 23.8 Å². The predicted molar refractivity (Wildman–Crippen MR) is 72.8 cm³/mol. The molecule has 0 fully saturated rings. The highest BCUT2D eigenvalue weighted by Crippen LogP contribution is 2.24. The summed E-state index contributed by atoms with van der Waals surface area (Å²) in [6.07, 6.45) is 1.78. The number of hydrogen-bond donors (Lipinski definition) is 1. The summed E-state index contributed by atoms with van der Waals surface area (Å²) in [4.78, 5) is 0. The summed E-state index contributed by atoms with van der Waals surface area (Å²) >= 11 is 11.3. The van der Waals surface area contributed by atoms with Crippen molar-refractivity contribution in [3.63, 3.8) is 0 Å². The molecule has 0 amide bonds. The molecule has 0 saturated heterocycles.